The number of anilines is 1. The van der Waals surface area contributed by atoms with Gasteiger partial charge >= 0.3 is 0 Å². The van der Waals surface area contributed by atoms with Gasteiger partial charge in [-0.05, 0) is 43.0 Å². The molecule has 1 fully saturated rings. The van der Waals surface area contributed by atoms with Crippen LogP contribution in [-0.4, -0.2) is 50.3 Å². The summed E-state index contributed by atoms with van der Waals surface area (Å²) in [7, 11) is -3.90. The second-order valence-corrected chi connectivity index (χ2v) is 9.19. The van der Waals surface area contributed by atoms with E-state index < -0.39 is 16.1 Å². The zero-order chi connectivity index (χ0) is 21.1. The van der Waals surface area contributed by atoms with Crippen molar-refractivity contribution in [1.82, 2.24) is 9.62 Å². The zero-order valence-electron chi connectivity index (χ0n) is 16.3. The van der Waals surface area contributed by atoms with Gasteiger partial charge in [0.15, 0.2) is 6.61 Å². The summed E-state index contributed by atoms with van der Waals surface area (Å²) in [4.78, 5) is 24.3. The van der Waals surface area contributed by atoms with E-state index in [-0.39, 0.29) is 29.9 Å². The number of nitrogens with zero attached hydrogens (tertiary/aromatic N) is 1. The largest absolute Gasteiger partial charge is 0.482 e. The van der Waals surface area contributed by atoms with E-state index in [1.54, 1.807) is 0 Å². The number of fused-ring (bicyclic) bond motifs is 1. The Kier molecular flexibility index (Phi) is 5.74. The van der Waals surface area contributed by atoms with Crippen molar-refractivity contribution in [3.63, 3.8) is 0 Å². The maximum Gasteiger partial charge on any atom is 0.262 e. The van der Waals surface area contributed by atoms with Crippen molar-refractivity contribution < 1.29 is 22.7 Å². The molecule has 2 aliphatic rings. The summed E-state index contributed by atoms with van der Waals surface area (Å²) in [6, 6.07) is 13.4. The van der Waals surface area contributed by atoms with Crippen LogP contribution in [0.15, 0.2) is 53.4 Å². The molecule has 30 heavy (non-hydrogen) atoms. The molecule has 8 nitrogen and oxygen atoms in total. The summed E-state index contributed by atoms with van der Waals surface area (Å²) in [5, 5.41) is 5.47. The van der Waals surface area contributed by atoms with Crippen molar-refractivity contribution >= 4 is 27.5 Å². The number of carbonyl (C=O) groups excluding carboxylic acids is 2. The first kappa shape index (κ1) is 20.4. The molecule has 1 saturated heterocycles. The molecule has 1 atom stereocenters. The molecular weight excluding hydrogens is 406 g/mol. The zero-order valence-corrected chi connectivity index (χ0v) is 17.2. The van der Waals surface area contributed by atoms with Gasteiger partial charge in [0, 0.05) is 13.1 Å². The van der Waals surface area contributed by atoms with Gasteiger partial charge in [0.05, 0.1) is 10.6 Å². The number of carbonyl (C=O) groups is 2. The minimum absolute atomic E-state index is 0.0241. The Labute approximate surface area is 175 Å². The van der Waals surface area contributed by atoms with E-state index >= 15 is 0 Å². The Bertz CT molecular complexity index is 1060. The standard InChI is InChI=1S/C21H23N3O5S/c25-20-14-29-19-9-8-16(13-17(19)23-20)30(27,28)24-12-4-7-18(24)21(26)22-11-10-15-5-2-1-3-6-15/h1-3,5-6,8-9,13,18H,4,7,10-12,14H2,(H,22,26)(H,23,25). The van der Waals surface area contributed by atoms with Crippen molar-refractivity contribution in [1.29, 1.82) is 0 Å². The first-order valence-electron chi connectivity index (χ1n) is 9.85. The lowest BCUT2D eigenvalue weighted by atomic mass is 10.1. The Hall–Kier alpha value is -2.91. The number of sulfonamides is 1. The average molecular weight is 429 g/mol. The molecule has 2 N–H and O–H groups in total. The van der Waals surface area contributed by atoms with E-state index in [1.807, 2.05) is 30.3 Å². The lowest BCUT2D eigenvalue weighted by Crippen LogP contribution is -2.46. The minimum atomic E-state index is -3.90. The first-order chi connectivity index (χ1) is 14.4. The van der Waals surface area contributed by atoms with Crippen LogP contribution >= 0.6 is 0 Å². The summed E-state index contributed by atoms with van der Waals surface area (Å²) in [6.45, 7) is 0.616. The Morgan fingerprint density at radius 3 is 2.80 bits per heavy atom. The quantitative estimate of drug-likeness (QED) is 0.725. The van der Waals surface area contributed by atoms with Gasteiger partial charge in [-0.3, -0.25) is 9.59 Å². The van der Waals surface area contributed by atoms with Crippen molar-refractivity contribution in [3.05, 3.63) is 54.1 Å². The van der Waals surface area contributed by atoms with Crippen molar-refractivity contribution in [2.45, 2.75) is 30.2 Å². The second-order valence-electron chi connectivity index (χ2n) is 7.30. The molecule has 2 heterocycles. The van der Waals surface area contributed by atoms with E-state index in [0.717, 1.165) is 5.56 Å². The Morgan fingerprint density at radius 1 is 1.20 bits per heavy atom. The minimum Gasteiger partial charge on any atom is -0.482 e. The van der Waals surface area contributed by atoms with Crippen LogP contribution in [0.4, 0.5) is 5.69 Å². The third-order valence-electron chi connectivity index (χ3n) is 5.25. The van der Waals surface area contributed by atoms with Crippen molar-refractivity contribution in [3.8, 4) is 5.75 Å². The van der Waals surface area contributed by atoms with Crippen LogP contribution in [-0.2, 0) is 26.0 Å². The molecule has 0 radical (unpaired) electrons. The van der Waals surface area contributed by atoms with Gasteiger partial charge < -0.3 is 15.4 Å². The van der Waals surface area contributed by atoms with Gasteiger partial charge in [0.25, 0.3) is 5.91 Å². The highest BCUT2D eigenvalue weighted by atomic mass is 32.2. The van der Waals surface area contributed by atoms with E-state index in [0.29, 0.717) is 37.2 Å². The molecular formula is C21H23N3O5S. The molecule has 2 amide bonds. The van der Waals surface area contributed by atoms with E-state index in [1.165, 1.54) is 22.5 Å². The summed E-state index contributed by atoms with van der Waals surface area (Å²) >= 11 is 0. The maximum atomic E-state index is 13.2. The Balaban J connectivity index is 1.46. The molecule has 0 aliphatic carbocycles. The van der Waals surface area contributed by atoms with Gasteiger partial charge in [-0.15, -0.1) is 0 Å². The molecule has 2 aliphatic heterocycles. The lowest BCUT2D eigenvalue weighted by Gasteiger charge is -2.24. The number of hydrogen-bond acceptors (Lipinski definition) is 5. The summed E-state index contributed by atoms with van der Waals surface area (Å²) in [5.41, 5.74) is 1.42. The molecule has 1 unspecified atom stereocenters. The lowest BCUT2D eigenvalue weighted by molar-refractivity contribution is -0.124. The molecule has 2 aromatic carbocycles. The second kappa shape index (κ2) is 8.45. The van der Waals surface area contributed by atoms with Gasteiger partial charge in [-0.25, -0.2) is 8.42 Å². The normalized spacial score (nSPS) is 18.9. The summed E-state index contributed by atoms with van der Waals surface area (Å²) in [6.07, 6.45) is 1.76. The highest BCUT2D eigenvalue weighted by Crippen LogP contribution is 2.33. The van der Waals surface area contributed by atoms with Gasteiger partial charge in [0.2, 0.25) is 15.9 Å². The third-order valence-corrected chi connectivity index (χ3v) is 7.16. The van der Waals surface area contributed by atoms with Crippen LogP contribution in [0.3, 0.4) is 0 Å². The fraction of sp³-hybridized carbons (Fsp3) is 0.333. The molecule has 4 rings (SSSR count). The van der Waals surface area contributed by atoms with Crippen LogP contribution in [0, 0.1) is 0 Å². The van der Waals surface area contributed by atoms with Crippen molar-refractivity contribution in [2.24, 2.45) is 0 Å². The number of rotatable bonds is 6. The van der Waals surface area contributed by atoms with Crippen LogP contribution in [0.5, 0.6) is 5.75 Å². The fourth-order valence-electron chi connectivity index (χ4n) is 3.74. The monoisotopic (exact) mass is 429 g/mol. The van der Waals surface area contributed by atoms with E-state index in [9.17, 15) is 18.0 Å². The predicted molar refractivity (Wildman–Crippen MR) is 111 cm³/mol. The van der Waals surface area contributed by atoms with E-state index in [4.69, 9.17) is 4.74 Å². The molecule has 0 saturated carbocycles. The number of benzene rings is 2. The molecule has 158 valence electrons. The number of amides is 2. The molecule has 9 heteroatoms. The summed E-state index contributed by atoms with van der Waals surface area (Å²) in [5.74, 6) is -0.208. The summed E-state index contributed by atoms with van der Waals surface area (Å²) < 4.78 is 32.9. The highest BCUT2D eigenvalue weighted by molar-refractivity contribution is 7.89. The molecule has 0 aromatic heterocycles. The van der Waals surface area contributed by atoms with Crippen LogP contribution < -0.4 is 15.4 Å². The fourth-order valence-corrected chi connectivity index (χ4v) is 5.42. The smallest absolute Gasteiger partial charge is 0.262 e. The topological polar surface area (TPSA) is 105 Å². The SMILES string of the molecule is O=C1COc2ccc(S(=O)(=O)N3CCCC3C(=O)NCCc3ccccc3)cc2N1. The maximum absolute atomic E-state index is 13.2. The third kappa shape index (κ3) is 4.17. The average Bonchev–Trinajstić information content (AvgIpc) is 3.25. The molecule has 0 spiro atoms. The predicted octanol–water partition coefficient (Wildman–Crippen LogP) is 1.53. The van der Waals surface area contributed by atoms with Gasteiger partial charge in [0.1, 0.15) is 11.8 Å². The van der Waals surface area contributed by atoms with Gasteiger partial charge in [-0.2, -0.15) is 4.31 Å². The van der Waals surface area contributed by atoms with Crippen LogP contribution in [0.2, 0.25) is 0 Å². The first-order valence-corrected chi connectivity index (χ1v) is 11.3. The number of nitrogens with one attached hydrogen (secondary N) is 2. The molecule has 0 bridgehead atoms. The Morgan fingerprint density at radius 2 is 2.00 bits per heavy atom. The highest BCUT2D eigenvalue weighted by Gasteiger charge is 2.39. The van der Waals surface area contributed by atoms with Crippen molar-refractivity contribution in [2.75, 3.05) is 25.0 Å². The number of ether oxygens (including phenoxy) is 1. The van der Waals surface area contributed by atoms with E-state index in [2.05, 4.69) is 10.6 Å². The van der Waals surface area contributed by atoms with Gasteiger partial charge in [-0.1, -0.05) is 30.3 Å². The molecule has 2 aromatic rings. The van der Waals surface area contributed by atoms with Crippen LogP contribution in [0.1, 0.15) is 18.4 Å². The number of hydrogen-bond donors (Lipinski definition) is 2. The van der Waals surface area contributed by atoms with Crippen LogP contribution in [0.25, 0.3) is 0 Å².